The van der Waals surface area contributed by atoms with Gasteiger partial charge in [0.25, 0.3) is 5.91 Å². The molecule has 1 aromatic carbocycles. The van der Waals surface area contributed by atoms with Crippen LogP contribution in [0.2, 0.25) is 0 Å². The summed E-state index contributed by atoms with van der Waals surface area (Å²) >= 11 is 1.58. The summed E-state index contributed by atoms with van der Waals surface area (Å²) in [5.41, 5.74) is 7.26. The molecule has 4 nitrogen and oxygen atoms in total. The van der Waals surface area contributed by atoms with Crippen LogP contribution < -0.4 is 15.8 Å². The fourth-order valence-corrected chi connectivity index (χ4v) is 5.88. The number of hydrogen-bond acceptors (Lipinski definition) is 4. The van der Waals surface area contributed by atoms with Crippen LogP contribution in [-0.2, 0) is 0 Å². The number of halogens is 1. The van der Waals surface area contributed by atoms with Crippen molar-refractivity contribution >= 4 is 39.7 Å². The Balaban J connectivity index is 0.00000196. The largest absolute Gasteiger partial charge is 0.497 e. The predicted molar refractivity (Wildman–Crippen MR) is 110 cm³/mol. The molecule has 1 amide bonds. The molecule has 3 N–H and O–H groups in total. The van der Waals surface area contributed by atoms with Gasteiger partial charge in [0.1, 0.15) is 5.75 Å². The van der Waals surface area contributed by atoms with Crippen LogP contribution in [0.1, 0.15) is 47.3 Å². The van der Waals surface area contributed by atoms with E-state index in [4.69, 9.17) is 10.5 Å². The van der Waals surface area contributed by atoms with Crippen LogP contribution in [0.5, 0.6) is 5.75 Å². The van der Waals surface area contributed by atoms with Gasteiger partial charge < -0.3 is 15.8 Å². The van der Waals surface area contributed by atoms with E-state index in [0.717, 1.165) is 39.1 Å². The first kappa shape index (κ1) is 19.5. The van der Waals surface area contributed by atoms with Crippen molar-refractivity contribution < 1.29 is 9.53 Å². The Morgan fingerprint density at radius 2 is 1.96 bits per heavy atom. The van der Waals surface area contributed by atoms with Gasteiger partial charge in [0.15, 0.2) is 0 Å². The number of fused-ring (bicyclic) bond motifs is 3. The average Bonchev–Trinajstić information content (AvgIpc) is 2.92. The van der Waals surface area contributed by atoms with Crippen molar-refractivity contribution in [3.05, 3.63) is 28.6 Å². The molecule has 2 bridgehead atoms. The van der Waals surface area contributed by atoms with Crippen LogP contribution in [0, 0.1) is 18.8 Å². The molecule has 0 saturated heterocycles. The number of methoxy groups -OCH3 is 1. The summed E-state index contributed by atoms with van der Waals surface area (Å²) < 4.78 is 6.45. The smallest absolute Gasteiger partial charge is 0.261 e. The number of ether oxygens (including phenoxy) is 1. The van der Waals surface area contributed by atoms with E-state index in [1.165, 1.54) is 19.3 Å². The summed E-state index contributed by atoms with van der Waals surface area (Å²) in [4.78, 5) is 13.8. The third-order valence-corrected chi connectivity index (χ3v) is 7.30. The molecule has 1 aromatic heterocycles. The molecule has 2 atom stereocenters. The summed E-state index contributed by atoms with van der Waals surface area (Å²) in [5.74, 6) is 1.99. The third-order valence-electron chi connectivity index (χ3n) is 6.02. The van der Waals surface area contributed by atoms with Gasteiger partial charge in [-0.15, -0.1) is 23.7 Å². The summed E-state index contributed by atoms with van der Waals surface area (Å²) in [6.45, 7) is 2.03. The normalized spacial score (nSPS) is 27.7. The number of carbonyl (C=O) groups excluding carboxylic acids is 1. The van der Waals surface area contributed by atoms with Gasteiger partial charge in [-0.2, -0.15) is 0 Å². The van der Waals surface area contributed by atoms with E-state index in [1.807, 2.05) is 25.1 Å². The van der Waals surface area contributed by atoms with Crippen LogP contribution in [0.25, 0.3) is 10.1 Å². The Morgan fingerprint density at radius 1 is 1.27 bits per heavy atom. The summed E-state index contributed by atoms with van der Waals surface area (Å²) in [6.07, 6.45) is 5.75. The Bertz CT molecular complexity index is 792. The van der Waals surface area contributed by atoms with Crippen molar-refractivity contribution in [2.24, 2.45) is 17.6 Å². The molecule has 2 fully saturated rings. The molecular weight excluding hydrogens is 368 g/mol. The van der Waals surface area contributed by atoms with Gasteiger partial charge in [-0.1, -0.05) is 6.42 Å². The minimum atomic E-state index is 0. The maximum atomic E-state index is 13.0. The maximum absolute atomic E-state index is 13.0. The van der Waals surface area contributed by atoms with Crippen LogP contribution in [0.3, 0.4) is 0 Å². The van der Waals surface area contributed by atoms with E-state index in [0.29, 0.717) is 23.9 Å². The zero-order chi connectivity index (χ0) is 17.6. The Kier molecular flexibility index (Phi) is 5.80. The fraction of sp³-hybridized carbons (Fsp3) is 0.550. The molecule has 142 valence electrons. The monoisotopic (exact) mass is 394 g/mol. The number of nitrogens with one attached hydrogen (secondary N) is 1. The van der Waals surface area contributed by atoms with E-state index < -0.39 is 0 Å². The lowest BCUT2D eigenvalue weighted by Gasteiger charge is -2.45. The minimum Gasteiger partial charge on any atom is -0.497 e. The average molecular weight is 395 g/mol. The van der Waals surface area contributed by atoms with E-state index in [1.54, 1.807) is 18.4 Å². The molecule has 1 heterocycles. The molecule has 2 unspecified atom stereocenters. The van der Waals surface area contributed by atoms with Crippen molar-refractivity contribution in [3.63, 3.8) is 0 Å². The highest BCUT2D eigenvalue weighted by Gasteiger charge is 2.40. The second-order valence-electron chi connectivity index (χ2n) is 7.60. The Hall–Kier alpha value is -1.30. The molecule has 6 heteroatoms. The third kappa shape index (κ3) is 3.45. The molecular formula is C20H27ClN2O2S. The zero-order valence-electron chi connectivity index (χ0n) is 15.3. The lowest BCUT2D eigenvalue weighted by Crippen LogP contribution is -2.53. The molecule has 0 radical (unpaired) electrons. The SMILES string of the molecule is COc1ccc2sc(C(=O)NC3C4CCCC3CC(N)C4)c(C)c2c1.Cl. The topological polar surface area (TPSA) is 64.3 Å². The molecule has 2 aliphatic rings. The van der Waals surface area contributed by atoms with E-state index >= 15 is 0 Å². The lowest BCUT2D eigenvalue weighted by atomic mass is 9.67. The number of hydrogen-bond donors (Lipinski definition) is 2. The van der Waals surface area contributed by atoms with E-state index in [-0.39, 0.29) is 18.3 Å². The maximum Gasteiger partial charge on any atom is 0.261 e. The molecule has 2 aromatic rings. The molecule has 0 spiro atoms. The standard InChI is InChI=1S/C20H26N2O2S.ClH/c1-11-16-10-15(24-2)6-7-17(16)25-19(11)20(23)22-18-12-4-3-5-13(18)9-14(21)8-12;/h6-7,10,12-14,18H,3-5,8-9,21H2,1-2H3,(H,22,23);1H. The number of amides is 1. The van der Waals surface area contributed by atoms with Crippen LogP contribution in [-0.4, -0.2) is 25.1 Å². The highest BCUT2D eigenvalue weighted by molar-refractivity contribution is 7.21. The van der Waals surface area contributed by atoms with Crippen LogP contribution in [0.15, 0.2) is 18.2 Å². The Morgan fingerprint density at radius 3 is 2.62 bits per heavy atom. The number of rotatable bonds is 3. The second-order valence-corrected chi connectivity index (χ2v) is 8.65. The van der Waals surface area contributed by atoms with Gasteiger partial charge in [-0.25, -0.2) is 0 Å². The van der Waals surface area contributed by atoms with E-state index in [2.05, 4.69) is 5.32 Å². The second kappa shape index (κ2) is 7.75. The molecule has 0 aliphatic heterocycles. The molecule has 2 aliphatic carbocycles. The van der Waals surface area contributed by atoms with Crippen molar-refractivity contribution in [1.82, 2.24) is 5.32 Å². The number of aryl methyl sites for hydroxylation is 1. The first-order chi connectivity index (χ1) is 12.1. The Labute approximate surface area is 164 Å². The number of thiophene rings is 1. The lowest BCUT2D eigenvalue weighted by molar-refractivity contribution is 0.0759. The quantitative estimate of drug-likeness (QED) is 0.816. The summed E-state index contributed by atoms with van der Waals surface area (Å²) in [6, 6.07) is 6.61. The van der Waals surface area contributed by atoms with Crippen molar-refractivity contribution in [3.8, 4) is 5.75 Å². The van der Waals surface area contributed by atoms with Gasteiger partial charge in [-0.05, 0) is 73.6 Å². The highest BCUT2D eigenvalue weighted by Crippen LogP contribution is 2.40. The first-order valence-electron chi connectivity index (χ1n) is 9.20. The van der Waals surface area contributed by atoms with Gasteiger partial charge in [0, 0.05) is 16.8 Å². The van der Waals surface area contributed by atoms with Gasteiger partial charge in [0.05, 0.1) is 12.0 Å². The van der Waals surface area contributed by atoms with Crippen LogP contribution >= 0.6 is 23.7 Å². The van der Waals surface area contributed by atoms with Gasteiger partial charge in [0.2, 0.25) is 0 Å². The molecule has 4 rings (SSSR count). The van der Waals surface area contributed by atoms with Gasteiger partial charge in [-0.3, -0.25) is 4.79 Å². The minimum absolute atomic E-state index is 0. The van der Waals surface area contributed by atoms with Crippen molar-refractivity contribution in [2.75, 3.05) is 7.11 Å². The van der Waals surface area contributed by atoms with Gasteiger partial charge >= 0.3 is 0 Å². The van der Waals surface area contributed by atoms with Crippen molar-refractivity contribution in [2.45, 2.75) is 51.1 Å². The summed E-state index contributed by atoms with van der Waals surface area (Å²) in [5, 5.41) is 4.48. The number of benzene rings is 1. The van der Waals surface area contributed by atoms with Crippen molar-refractivity contribution in [1.29, 1.82) is 0 Å². The summed E-state index contributed by atoms with van der Waals surface area (Å²) in [7, 11) is 1.67. The zero-order valence-corrected chi connectivity index (χ0v) is 16.9. The molecule has 26 heavy (non-hydrogen) atoms. The first-order valence-corrected chi connectivity index (χ1v) is 10.0. The van der Waals surface area contributed by atoms with E-state index in [9.17, 15) is 4.79 Å². The predicted octanol–water partition coefficient (Wildman–Crippen LogP) is 4.28. The number of carbonyl (C=O) groups is 1. The highest BCUT2D eigenvalue weighted by atomic mass is 35.5. The number of nitrogens with two attached hydrogens (primary N) is 1. The fourth-order valence-electron chi connectivity index (χ4n) is 4.79. The molecule has 2 saturated carbocycles. The van der Waals surface area contributed by atoms with Crippen LogP contribution in [0.4, 0.5) is 0 Å².